The van der Waals surface area contributed by atoms with E-state index in [2.05, 4.69) is 9.72 Å². The van der Waals surface area contributed by atoms with Crippen LogP contribution in [-0.4, -0.2) is 25.2 Å². The number of carbonyl (C=O) groups excluding carboxylic acids is 1. The number of hydrogen-bond donors (Lipinski definition) is 0. The second-order valence-corrected chi connectivity index (χ2v) is 4.37. The molecule has 0 spiro atoms. The summed E-state index contributed by atoms with van der Waals surface area (Å²) in [7, 11) is 2.54. The lowest BCUT2D eigenvalue weighted by Crippen LogP contribution is -2.04. The largest absolute Gasteiger partial charge is 0.463 e. The number of benzene rings is 1. The first-order valence-corrected chi connectivity index (χ1v) is 6.07. The van der Waals surface area contributed by atoms with Crippen molar-refractivity contribution in [2.24, 2.45) is 0 Å². The molecule has 0 atom stereocenters. The summed E-state index contributed by atoms with van der Waals surface area (Å²) in [5.41, 5.74) is -0.140. The fourth-order valence-electron chi connectivity index (χ4n) is 1.64. The molecule has 21 heavy (non-hydrogen) atoms. The number of esters is 1. The standard InChI is InChI=1S/C13H10ClF2NO4/c1-19-5-10-11(13(18)20-2)21-12(17-10)6-3-9(16)7(14)4-8(6)15/h3-4H,5H2,1-2H3. The highest BCUT2D eigenvalue weighted by Gasteiger charge is 2.23. The van der Waals surface area contributed by atoms with Crippen LogP contribution in [0, 0.1) is 11.6 Å². The third-order valence-electron chi connectivity index (χ3n) is 2.59. The van der Waals surface area contributed by atoms with Gasteiger partial charge in [-0.15, -0.1) is 0 Å². The van der Waals surface area contributed by atoms with E-state index in [4.69, 9.17) is 20.8 Å². The minimum atomic E-state index is -0.834. The fraction of sp³-hybridized carbons (Fsp3) is 0.231. The molecule has 0 fully saturated rings. The number of methoxy groups -OCH3 is 2. The molecule has 8 heteroatoms. The molecule has 0 N–H and O–H groups in total. The topological polar surface area (TPSA) is 61.6 Å². The minimum absolute atomic E-state index is 0.0500. The summed E-state index contributed by atoms with van der Waals surface area (Å²) >= 11 is 5.47. The first-order valence-electron chi connectivity index (χ1n) is 5.69. The van der Waals surface area contributed by atoms with Gasteiger partial charge in [0.15, 0.2) is 0 Å². The molecule has 2 rings (SSSR count). The van der Waals surface area contributed by atoms with Gasteiger partial charge in [-0.1, -0.05) is 11.6 Å². The Morgan fingerprint density at radius 1 is 1.33 bits per heavy atom. The van der Waals surface area contributed by atoms with Crippen molar-refractivity contribution in [3.63, 3.8) is 0 Å². The zero-order valence-electron chi connectivity index (χ0n) is 11.1. The Morgan fingerprint density at radius 2 is 2.05 bits per heavy atom. The lowest BCUT2D eigenvalue weighted by atomic mass is 10.2. The first kappa shape index (κ1) is 15.4. The Hall–Kier alpha value is -1.99. The molecule has 0 amide bonds. The molecule has 112 valence electrons. The summed E-state index contributed by atoms with van der Waals surface area (Å²) < 4.78 is 41.8. The Morgan fingerprint density at radius 3 is 2.67 bits per heavy atom. The fourth-order valence-corrected chi connectivity index (χ4v) is 1.79. The molecule has 1 heterocycles. The molecular formula is C13H10ClF2NO4. The molecule has 0 aliphatic carbocycles. The van der Waals surface area contributed by atoms with E-state index in [1.807, 2.05) is 0 Å². The highest BCUT2D eigenvalue weighted by atomic mass is 35.5. The number of oxazole rings is 1. The van der Waals surface area contributed by atoms with E-state index >= 15 is 0 Å². The quantitative estimate of drug-likeness (QED) is 0.640. The summed E-state index contributed by atoms with van der Waals surface area (Å²) in [4.78, 5) is 15.5. The van der Waals surface area contributed by atoms with Gasteiger partial charge in [0.1, 0.15) is 17.3 Å². The molecule has 0 unspecified atom stereocenters. The molecule has 5 nitrogen and oxygen atoms in total. The SMILES string of the molecule is COCc1nc(-c2cc(F)c(Cl)cc2F)oc1C(=O)OC. The van der Waals surface area contributed by atoms with Crippen molar-refractivity contribution in [1.29, 1.82) is 0 Å². The van der Waals surface area contributed by atoms with Gasteiger partial charge >= 0.3 is 5.97 Å². The number of hydrogen-bond acceptors (Lipinski definition) is 5. The summed E-state index contributed by atoms with van der Waals surface area (Å²) in [5, 5.41) is -0.367. The van der Waals surface area contributed by atoms with Crippen LogP contribution in [0.5, 0.6) is 0 Å². The maximum Gasteiger partial charge on any atom is 0.376 e. The Bertz CT molecular complexity index is 687. The highest BCUT2D eigenvalue weighted by Crippen LogP contribution is 2.29. The molecule has 0 aliphatic rings. The summed E-state index contributed by atoms with van der Waals surface area (Å²) in [6.07, 6.45) is 0. The number of rotatable bonds is 4. The number of carbonyl (C=O) groups is 1. The van der Waals surface area contributed by atoms with E-state index in [1.54, 1.807) is 0 Å². The zero-order chi connectivity index (χ0) is 15.6. The van der Waals surface area contributed by atoms with E-state index in [1.165, 1.54) is 7.11 Å². The lowest BCUT2D eigenvalue weighted by molar-refractivity contribution is 0.0559. The first-order chi connectivity index (χ1) is 9.97. The third kappa shape index (κ3) is 3.03. The molecular weight excluding hydrogens is 308 g/mol. The van der Waals surface area contributed by atoms with Gasteiger partial charge in [-0.05, 0) is 12.1 Å². The predicted octanol–water partition coefficient (Wildman–Crippen LogP) is 3.21. The van der Waals surface area contributed by atoms with E-state index in [0.717, 1.165) is 19.2 Å². The van der Waals surface area contributed by atoms with E-state index in [-0.39, 0.29) is 34.5 Å². The maximum absolute atomic E-state index is 13.8. The second kappa shape index (κ2) is 6.19. The van der Waals surface area contributed by atoms with E-state index < -0.39 is 17.6 Å². The smallest absolute Gasteiger partial charge is 0.376 e. The van der Waals surface area contributed by atoms with Crippen LogP contribution >= 0.6 is 11.6 Å². The Labute approximate surface area is 123 Å². The molecule has 1 aromatic heterocycles. The van der Waals surface area contributed by atoms with Crippen LogP contribution < -0.4 is 0 Å². The lowest BCUT2D eigenvalue weighted by Gasteiger charge is -2.00. The molecule has 0 bridgehead atoms. The number of ether oxygens (including phenoxy) is 2. The maximum atomic E-state index is 13.8. The molecule has 0 aliphatic heterocycles. The average molecular weight is 318 g/mol. The average Bonchev–Trinajstić information content (AvgIpc) is 2.86. The number of nitrogens with zero attached hydrogens (tertiary/aromatic N) is 1. The van der Waals surface area contributed by atoms with Crippen molar-refractivity contribution in [1.82, 2.24) is 4.98 Å². The van der Waals surface area contributed by atoms with E-state index in [9.17, 15) is 13.6 Å². The van der Waals surface area contributed by atoms with Gasteiger partial charge in [-0.25, -0.2) is 18.6 Å². The van der Waals surface area contributed by atoms with Gasteiger partial charge in [-0.2, -0.15) is 0 Å². The summed E-state index contributed by atoms with van der Waals surface area (Å²) in [6.45, 7) is -0.0500. The van der Waals surface area contributed by atoms with Crippen molar-refractivity contribution in [2.45, 2.75) is 6.61 Å². The van der Waals surface area contributed by atoms with Crippen molar-refractivity contribution < 1.29 is 27.5 Å². The van der Waals surface area contributed by atoms with Crippen LogP contribution in [0.2, 0.25) is 5.02 Å². The van der Waals surface area contributed by atoms with Crippen molar-refractivity contribution in [3.8, 4) is 11.5 Å². The summed E-state index contributed by atoms with van der Waals surface area (Å²) in [6, 6.07) is 1.63. The number of aromatic nitrogens is 1. The van der Waals surface area contributed by atoms with Crippen molar-refractivity contribution >= 4 is 17.6 Å². The van der Waals surface area contributed by atoms with Gasteiger partial charge in [0.2, 0.25) is 11.7 Å². The zero-order valence-corrected chi connectivity index (χ0v) is 11.8. The van der Waals surface area contributed by atoms with Gasteiger partial charge < -0.3 is 13.9 Å². The van der Waals surface area contributed by atoms with Gasteiger partial charge in [0.25, 0.3) is 0 Å². The highest BCUT2D eigenvalue weighted by molar-refractivity contribution is 6.30. The van der Waals surface area contributed by atoms with Crippen molar-refractivity contribution in [3.05, 3.63) is 40.2 Å². The second-order valence-electron chi connectivity index (χ2n) is 3.97. The van der Waals surface area contributed by atoms with Gasteiger partial charge in [0.05, 0.1) is 24.3 Å². The van der Waals surface area contributed by atoms with Crippen LogP contribution in [0.3, 0.4) is 0 Å². The normalized spacial score (nSPS) is 10.7. The molecule has 1 aromatic carbocycles. The van der Waals surface area contributed by atoms with Crippen LogP contribution in [0.15, 0.2) is 16.5 Å². The van der Waals surface area contributed by atoms with Crippen LogP contribution in [-0.2, 0) is 16.1 Å². The third-order valence-corrected chi connectivity index (χ3v) is 2.88. The van der Waals surface area contributed by atoms with Crippen LogP contribution in [0.25, 0.3) is 11.5 Å². The Balaban J connectivity index is 2.54. The van der Waals surface area contributed by atoms with Crippen LogP contribution in [0.4, 0.5) is 8.78 Å². The van der Waals surface area contributed by atoms with Crippen molar-refractivity contribution in [2.75, 3.05) is 14.2 Å². The van der Waals surface area contributed by atoms with Crippen LogP contribution in [0.1, 0.15) is 16.2 Å². The van der Waals surface area contributed by atoms with E-state index in [0.29, 0.717) is 0 Å². The molecule has 0 radical (unpaired) electrons. The number of halogens is 3. The Kier molecular flexibility index (Phi) is 4.54. The monoisotopic (exact) mass is 317 g/mol. The summed E-state index contributed by atoms with van der Waals surface area (Å²) in [5.74, 6) is -2.96. The molecule has 0 saturated heterocycles. The predicted molar refractivity (Wildman–Crippen MR) is 68.9 cm³/mol. The molecule has 2 aromatic rings. The molecule has 0 saturated carbocycles. The van der Waals surface area contributed by atoms with Gasteiger partial charge in [-0.3, -0.25) is 0 Å². The van der Waals surface area contributed by atoms with Gasteiger partial charge in [0, 0.05) is 7.11 Å². The minimum Gasteiger partial charge on any atom is -0.463 e.